The second kappa shape index (κ2) is 12.1. The summed E-state index contributed by atoms with van der Waals surface area (Å²) in [4.78, 5) is 0. The van der Waals surface area contributed by atoms with E-state index in [0.29, 0.717) is 22.7 Å². The summed E-state index contributed by atoms with van der Waals surface area (Å²) in [5.41, 5.74) is 4.54. The van der Waals surface area contributed by atoms with Gasteiger partial charge >= 0.3 is 11.7 Å². The minimum atomic E-state index is -3.92. The minimum Gasteiger partial charge on any atom is -0.392 e. The summed E-state index contributed by atoms with van der Waals surface area (Å²) in [7, 11) is 0. The lowest BCUT2D eigenvalue weighted by Crippen LogP contribution is -2.78. The van der Waals surface area contributed by atoms with Gasteiger partial charge in [0.1, 0.15) is 18.2 Å². The molecule has 3 aliphatic rings. The topological polar surface area (TPSA) is 21.9 Å². The summed E-state index contributed by atoms with van der Waals surface area (Å²) in [6, 6.07) is 24.8. The van der Waals surface area contributed by atoms with Gasteiger partial charge in [0.25, 0.3) is 0 Å². The summed E-state index contributed by atoms with van der Waals surface area (Å²) in [5, 5.41) is 0. The van der Waals surface area contributed by atoms with E-state index >= 15 is 0 Å². The van der Waals surface area contributed by atoms with Crippen molar-refractivity contribution in [3.8, 4) is 67.5 Å². The zero-order chi connectivity index (χ0) is 54.3. The predicted molar refractivity (Wildman–Crippen MR) is 240 cm³/mol. The molecular weight excluding hydrogens is 719 g/mol. The molecule has 0 N–H and O–H groups in total. The van der Waals surface area contributed by atoms with Crippen molar-refractivity contribution in [3.05, 3.63) is 167 Å². The summed E-state index contributed by atoms with van der Waals surface area (Å²) in [5.74, 6) is -0.679. The third-order valence-electron chi connectivity index (χ3n) is 12.1. The van der Waals surface area contributed by atoms with Crippen LogP contribution in [0.1, 0.15) is 104 Å². The Morgan fingerprint density at radius 1 is 0.712 bits per heavy atom. The molecule has 0 bridgehead atoms. The van der Waals surface area contributed by atoms with Crippen molar-refractivity contribution in [1.82, 2.24) is 4.57 Å². The fourth-order valence-corrected chi connectivity index (χ4v) is 9.42. The van der Waals surface area contributed by atoms with Crippen molar-refractivity contribution in [2.75, 3.05) is 0 Å². The maximum Gasteiger partial charge on any atom is 0.499 e. The molecule has 0 amide bonds. The van der Waals surface area contributed by atoms with E-state index in [1.807, 2.05) is 87.7 Å². The molecule has 4 heteroatoms. The van der Waals surface area contributed by atoms with Crippen LogP contribution in [0.4, 0.5) is 0 Å². The third kappa shape index (κ3) is 4.95. The Balaban J connectivity index is 1.29. The first-order chi connectivity index (χ1) is 35.0. The minimum absolute atomic E-state index is 0.0389. The number of rotatable bonds is 4. The lowest BCUT2D eigenvalue weighted by molar-refractivity contribution is -0.997. The third-order valence-corrected chi connectivity index (χ3v) is 12.1. The van der Waals surface area contributed by atoms with Crippen LogP contribution in [0.25, 0.3) is 72.7 Å². The standard InChI is InChI=1S/C55H51N3O/c1-10-35-29-41(23-24-42(35)37-15-12-11-13-16-37)57-47-18-14-17-43-44-31-40(54(7,8)9)32-45-48-30-38(36-19-21-39(22-20-36)53(4,5)6)25-26-56(48)55(49(44)45)58(50(43)47)52(57)46-28-33(2)27-34(3)51(46)59-55/h11-32H,10H2,1-9H3/q+2/i4D3,5D3,6D3,19D,20D,21D,22D,25D,26D,30D. The Morgan fingerprint density at radius 2 is 1.49 bits per heavy atom. The Hall–Kier alpha value is -6.26. The zero-order valence-corrected chi connectivity index (χ0v) is 33.6. The van der Waals surface area contributed by atoms with Crippen molar-refractivity contribution < 1.29 is 35.8 Å². The molecule has 4 nitrogen and oxygen atoms in total. The quantitative estimate of drug-likeness (QED) is 0.163. The van der Waals surface area contributed by atoms with Crippen molar-refractivity contribution in [1.29, 1.82) is 0 Å². The number of fused-ring (bicyclic) bond motifs is 5. The second-order valence-corrected chi connectivity index (χ2v) is 17.0. The van der Waals surface area contributed by atoms with Gasteiger partial charge in [-0.3, -0.25) is 0 Å². The van der Waals surface area contributed by atoms with E-state index in [4.69, 9.17) is 17.1 Å². The Labute approximate surface area is 370 Å². The number of benzene rings is 6. The van der Waals surface area contributed by atoms with Crippen LogP contribution in [0.3, 0.4) is 0 Å². The van der Waals surface area contributed by atoms with Crippen LogP contribution in [0.5, 0.6) is 5.75 Å². The highest BCUT2D eigenvalue weighted by molar-refractivity contribution is 5.98. The highest BCUT2D eigenvalue weighted by atomic mass is 16.5. The summed E-state index contributed by atoms with van der Waals surface area (Å²) >= 11 is 0. The Morgan fingerprint density at radius 3 is 2.24 bits per heavy atom. The summed E-state index contributed by atoms with van der Waals surface area (Å²) in [6.07, 6.45) is 0.174. The van der Waals surface area contributed by atoms with Gasteiger partial charge in [-0.25, -0.2) is 0 Å². The highest BCUT2D eigenvalue weighted by Gasteiger charge is 2.68. The van der Waals surface area contributed by atoms with Crippen LogP contribution in [0, 0.1) is 13.8 Å². The number of aromatic nitrogens is 3. The lowest BCUT2D eigenvalue weighted by atomic mass is 9.80. The number of aryl methyl sites for hydroxylation is 3. The van der Waals surface area contributed by atoms with Crippen LogP contribution in [0.15, 0.2) is 133 Å². The Kier molecular flexibility index (Phi) is 4.69. The van der Waals surface area contributed by atoms with Gasteiger partial charge in [-0.05, 0) is 130 Å². The van der Waals surface area contributed by atoms with Crippen molar-refractivity contribution in [2.45, 2.75) is 85.2 Å². The van der Waals surface area contributed by atoms with E-state index in [1.165, 1.54) is 4.57 Å². The van der Waals surface area contributed by atoms with Crippen LogP contribution in [-0.2, 0) is 23.1 Å². The molecule has 0 aliphatic carbocycles. The Bertz CT molecular complexity index is 3780. The molecule has 1 atom stereocenters. The lowest BCUT2D eigenvalue weighted by Gasteiger charge is -2.33. The average molecular weight is 786 g/mol. The largest absolute Gasteiger partial charge is 0.499 e. The molecule has 59 heavy (non-hydrogen) atoms. The molecule has 0 radical (unpaired) electrons. The maximum absolute atomic E-state index is 10.3. The first kappa shape index (κ1) is 22.8. The molecule has 11 rings (SSSR count). The van der Waals surface area contributed by atoms with Gasteiger partial charge in [-0.1, -0.05) is 115 Å². The van der Waals surface area contributed by atoms with Gasteiger partial charge < -0.3 is 4.74 Å². The number of hydrogen-bond acceptors (Lipinski definition) is 1. The van der Waals surface area contributed by atoms with Gasteiger partial charge in [0.2, 0.25) is 5.69 Å². The van der Waals surface area contributed by atoms with E-state index < -0.39 is 96.4 Å². The molecule has 6 aromatic carbocycles. The van der Waals surface area contributed by atoms with Crippen molar-refractivity contribution >= 4 is 11.0 Å². The number of imidazole rings is 1. The van der Waals surface area contributed by atoms with Crippen molar-refractivity contribution in [3.63, 3.8) is 0 Å². The van der Waals surface area contributed by atoms with Crippen LogP contribution >= 0.6 is 0 Å². The average Bonchev–Trinajstić information content (AvgIpc) is 3.85. The molecule has 0 saturated heterocycles. The highest BCUT2D eigenvalue weighted by Crippen LogP contribution is 2.55. The number of para-hydroxylation sites is 1. The number of pyridine rings is 1. The van der Waals surface area contributed by atoms with E-state index in [2.05, 4.69) is 54.0 Å². The van der Waals surface area contributed by atoms with E-state index in [9.17, 15) is 9.60 Å². The zero-order valence-electron chi connectivity index (χ0n) is 49.6. The molecule has 1 spiro atoms. The smallest absolute Gasteiger partial charge is 0.392 e. The first-order valence-electron chi connectivity index (χ1n) is 27.9. The predicted octanol–water partition coefficient (Wildman–Crippen LogP) is 12.5. The first-order valence-corrected chi connectivity index (χ1v) is 19.9. The van der Waals surface area contributed by atoms with E-state index in [1.54, 1.807) is 0 Å². The molecule has 0 fully saturated rings. The fraction of sp³-hybridized carbons (Fsp3) is 0.236. The number of nitrogens with zero attached hydrogens (tertiary/aromatic N) is 3. The molecular formula is C55H51N3O+2. The van der Waals surface area contributed by atoms with Gasteiger partial charge in [0.15, 0.2) is 23.0 Å². The normalized spacial score (nSPS) is 20.4. The summed E-state index contributed by atoms with van der Waals surface area (Å²) < 4.78 is 156. The molecule has 2 aromatic heterocycles. The van der Waals surface area contributed by atoms with Gasteiger partial charge in [-0.2, -0.15) is 4.57 Å². The maximum atomic E-state index is 10.3. The van der Waals surface area contributed by atoms with Gasteiger partial charge in [0.05, 0.1) is 13.8 Å². The van der Waals surface area contributed by atoms with E-state index in [0.717, 1.165) is 73.2 Å². The number of hydrogen-bond donors (Lipinski definition) is 0. The molecule has 8 aromatic rings. The van der Waals surface area contributed by atoms with Crippen LogP contribution in [-0.4, -0.2) is 4.57 Å². The molecule has 3 aliphatic heterocycles. The van der Waals surface area contributed by atoms with Crippen LogP contribution in [0.2, 0.25) is 0 Å². The van der Waals surface area contributed by atoms with E-state index in [-0.39, 0.29) is 5.69 Å². The van der Waals surface area contributed by atoms with Crippen molar-refractivity contribution in [2.24, 2.45) is 0 Å². The molecule has 5 heterocycles. The second-order valence-electron chi connectivity index (χ2n) is 17.0. The van der Waals surface area contributed by atoms with Crippen LogP contribution < -0.4 is 13.9 Å². The van der Waals surface area contributed by atoms with Gasteiger partial charge in [-0.15, -0.1) is 9.13 Å². The number of ether oxygens (including phenoxy) is 1. The SMILES string of the molecule is [2H]c1c([2H])c(C(C([2H])([2H])[2H])(C([2H])([2H])[2H])C([2H])([2H])[2H])c([2H])c([2H])c1-c1c([2H])c([2H])[n+]2c(c1[2H])-c1cc(C(C)(C)C)cc3c1C21Oc2c(C)cc(C)cc2-c2n(-c4ccc(-c5ccccc5)c(CC)c4)c4cccc-3c4[n+]21. The monoisotopic (exact) mass is 786 g/mol. The van der Waals surface area contributed by atoms with Gasteiger partial charge in [0, 0.05) is 35.5 Å². The molecule has 290 valence electrons. The molecule has 1 unspecified atom stereocenters. The molecule has 0 saturated carbocycles. The summed E-state index contributed by atoms with van der Waals surface area (Å²) in [6.45, 7) is 0.447. The fourth-order valence-electron chi connectivity index (χ4n) is 9.42.